The Hall–Kier alpha value is -3.70. The van der Waals surface area contributed by atoms with Crippen LogP contribution < -0.4 is 9.64 Å². The zero-order chi connectivity index (χ0) is 33.4. The van der Waals surface area contributed by atoms with Gasteiger partial charge in [-0.25, -0.2) is 13.2 Å². The number of ether oxygens (including phenoxy) is 1. The first-order valence-electron chi connectivity index (χ1n) is 17.4. The average Bonchev–Trinajstić information content (AvgIpc) is 3.69. The number of nitrogens with zero attached hydrogens (tertiary/aromatic N) is 6. The van der Waals surface area contributed by atoms with Gasteiger partial charge in [-0.2, -0.15) is 9.97 Å². The summed E-state index contributed by atoms with van der Waals surface area (Å²) >= 11 is 0. The summed E-state index contributed by atoms with van der Waals surface area (Å²) in [5.41, 5.74) is 0.351. The van der Waals surface area contributed by atoms with Crippen molar-refractivity contribution in [3.8, 4) is 23.0 Å². The number of aryl methyl sites for hydroxylation is 1. The zero-order valence-corrected chi connectivity index (χ0v) is 27.9. The third-order valence-electron chi connectivity index (χ3n) is 11.7. The molecule has 0 radical (unpaired) electrons. The summed E-state index contributed by atoms with van der Waals surface area (Å²) in [6.45, 7) is 8.10. The number of fused-ring (bicyclic) bond motifs is 4. The normalized spacial score (nSPS) is 27.9. The third kappa shape index (κ3) is 5.07. The molecule has 1 saturated carbocycles. The highest BCUT2D eigenvalue weighted by Crippen LogP contribution is 2.46. The number of pyridine rings is 1. The Bertz CT molecular complexity index is 1910. The van der Waals surface area contributed by atoms with Crippen LogP contribution in [-0.2, 0) is 6.42 Å². The highest BCUT2D eigenvalue weighted by atomic mass is 19.1. The molecule has 4 atom stereocenters. The smallest absolute Gasteiger partial charge is 0.319 e. The number of hydrogen-bond acceptors (Lipinski definition) is 8. The second kappa shape index (κ2) is 11.7. The number of aromatic hydroxyl groups is 1. The first-order chi connectivity index (χ1) is 23.1. The summed E-state index contributed by atoms with van der Waals surface area (Å²) in [5, 5.41) is 12.2. The number of phenols is 1. The fraction of sp³-hybridized carbons (Fsp3) is 0.541. The monoisotopic (exact) mass is 660 g/mol. The van der Waals surface area contributed by atoms with E-state index in [1.165, 1.54) is 12.1 Å². The van der Waals surface area contributed by atoms with E-state index in [1.807, 2.05) is 6.92 Å². The third-order valence-corrected chi connectivity index (χ3v) is 11.7. The van der Waals surface area contributed by atoms with E-state index in [2.05, 4.69) is 38.6 Å². The molecule has 5 heterocycles. The van der Waals surface area contributed by atoms with Crippen molar-refractivity contribution in [3.63, 3.8) is 0 Å². The summed E-state index contributed by atoms with van der Waals surface area (Å²) in [4.78, 5) is 21.1. The number of aromatic nitrogens is 3. The Morgan fingerprint density at radius 2 is 1.94 bits per heavy atom. The van der Waals surface area contributed by atoms with Crippen LogP contribution >= 0.6 is 0 Å². The largest absolute Gasteiger partial charge is 0.508 e. The fourth-order valence-electron chi connectivity index (χ4n) is 9.49. The van der Waals surface area contributed by atoms with Crippen molar-refractivity contribution in [2.24, 2.45) is 5.41 Å². The molecule has 0 spiro atoms. The number of anilines is 1. The van der Waals surface area contributed by atoms with Crippen LogP contribution in [0.25, 0.3) is 32.9 Å². The van der Waals surface area contributed by atoms with Crippen LogP contribution in [0, 0.1) is 17.0 Å². The Morgan fingerprint density at radius 1 is 1.08 bits per heavy atom. The molecule has 3 aliphatic heterocycles. The van der Waals surface area contributed by atoms with Gasteiger partial charge in [0.1, 0.15) is 41.4 Å². The number of halogens is 3. The molecule has 1 N–H and O–H groups in total. The molecule has 2 aromatic heterocycles. The number of benzene rings is 2. The highest BCUT2D eigenvalue weighted by molar-refractivity contribution is 6.01. The second-order valence-electron chi connectivity index (χ2n) is 14.8. The minimum absolute atomic E-state index is 0.0276. The summed E-state index contributed by atoms with van der Waals surface area (Å²) in [6, 6.07) is 6.18. The van der Waals surface area contributed by atoms with Gasteiger partial charge >= 0.3 is 6.01 Å². The van der Waals surface area contributed by atoms with Crippen molar-refractivity contribution in [2.75, 3.05) is 51.3 Å². The minimum Gasteiger partial charge on any atom is -0.508 e. The van der Waals surface area contributed by atoms with Crippen LogP contribution in [0.5, 0.6) is 11.8 Å². The summed E-state index contributed by atoms with van der Waals surface area (Å²) in [7, 11) is 2.14. The van der Waals surface area contributed by atoms with E-state index < -0.39 is 23.3 Å². The quantitative estimate of drug-likeness (QED) is 0.246. The minimum atomic E-state index is -0.905. The average molecular weight is 661 g/mol. The van der Waals surface area contributed by atoms with Gasteiger partial charge in [0.2, 0.25) is 0 Å². The molecule has 254 valence electrons. The van der Waals surface area contributed by atoms with Crippen molar-refractivity contribution >= 4 is 27.5 Å². The second-order valence-corrected chi connectivity index (χ2v) is 14.8. The van der Waals surface area contributed by atoms with E-state index in [1.54, 1.807) is 18.3 Å². The lowest BCUT2D eigenvalue weighted by molar-refractivity contribution is 0.107. The van der Waals surface area contributed by atoms with Gasteiger partial charge in [0.25, 0.3) is 0 Å². The van der Waals surface area contributed by atoms with Crippen molar-refractivity contribution < 1.29 is 23.0 Å². The van der Waals surface area contributed by atoms with Crippen LogP contribution in [0.2, 0.25) is 0 Å². The van der Waals surface area contributed by atoms with Crippen molar-refractivity contribution in [1.29, 1.82) is 0 Å². The molecule has 3 saturated heterocycles. The first kappa shape index (κ1) is 31.6. The predicted molar refractivity (Wildman–Crippen MR) is 180 cm³/mol. The van der Waals surface area contributed by atoms with Crippen LogP contribution in [-0.4, -0.2) is 94.0 Å². The Labute approximate surface area is 278 Å². The lowest BCUT2D eigenvalue weighted by Gasteiger charge is -2.38. The molecule has 4 aromatic rings. The van der Waals surface area contributed by atoms with E-state index >= 15 is 8.78 Å². The molecule has 1 aliphatic carbocycles. The maximum Gasteiger partial charge on any atom is 0.319 e. The molecule has 2 aromatic carbocycles. The maximum absolute atomic E-state index is 17.1. The molecule has 8 nitrogen and oxygen atoms in total. The number of hydrogen-bond donors (Lipinski definition) is 1. The highest BCUT2D eigenvalue weighted by Gasteiger charge is 2.50. The molecule has 0 amide bonds. The lowest BCUT2D eigenvalue weighted by Crippen LogP contribution is -2.45. The maximum atomic E-state index is 17.1. The Balaban J connectivity index is 1.30. The van der Waals surface area contributed by atoms with Gasteiger partial charge < -0.3 is 19.6 Å². The number of phenolic OH excluding ortho intramolecular Hbond substituents is 1. The summed E-state index contributed by atoms with van der Waals surface area (Å²) in [6.07, 6.45) is 6.46. The summed E-state index contributed by atoms with van der Waals surface area (Å²) < 4.78 is 53.1. The lowest BCUT2D eigenvalue weighted by atomic mass is 9.83. The fourth-order valence-corrected chi connectivity index (χ4v) is 9.49. The molecule has 4 aliphatic rings. The number of rotatable bonds is 6. The van der Waals surface area contributed by atoms with Gasteiger partial charge in [-0.3, -0.25) is 9.88 Å². The Kier molecular flexibility index (Phi) is 7.71. The van der Waals surface area contributed by atoms with Crippen LogP contribution in [0.4, 0.5) is 19.0 Å². The molecular weight excluding hydrogens is 617 g/mol. The molecule has 0 unspecified atom stereocenters. The van der Waals surface area contributed by atoms with Gasteiger partial charge in [0.15, 0.2) is 5.82 Å². The predicted octanol–water partition coefficient (Wildman–Crippen LogP) is 6.66. The van der Waals surface area contributed by atoms with Gasteiger partial charge in [-0.15, -0.1) is 0 Å². The van der Waals surface area contributed by atoms with Crippen molar-refractivity contribution in [3.05, 3.63) is 47.7 Å². The SMILES string of the molecule is CCc1c(F)ccc2cc(O)cc(-c3ncc4c(N5CCN(C)C[C@]6(C)CCC[C@@H]56)nc(OC[C@@]56CCCN5C[C@H](F)C6)nc4c3F)c12. The number of likely N-dealkylation sites (N-methyl/N-ethyl adjacent to an activating group) is 1. The molecule has 4 fully saturated rings. The van der Waals surface area contributed by atoms with Crippen molar-refractivity contribution in [2.45, 2.75) is 76.5 Å². The molecular formula is C37H43F3N6O2. The van der Waals surface area contributed by atoms with Gasteiger partial charge in [-0.1, -0.05) is 26.3 Å². The van der Waals surface area contributed by atoms with E-state index in [4.69, 9.17) is 9.72 Å². The van der Waals surface area contributed by atoms with Gasteiger partial charge in [-0.05, 0) is 80.2 Å². The Morgan fingerprint density at radius 3 is 2.77 bits per heavy atom. The summed E-state index contributed by atoms with van der Waals surface area (Å²) in [5.74, 6) is -0.576. The topological polar surface area (TPSA) is 77.9 Å². The van der Waals surface area contributed by atoms with Crippen molar-refractivity contribution in [1.82, 2.24) is 24.8 Å². The van der Waals surface area contributed by atoms with Crippen LogP contribution in [0.1, 0.15) is 57.9 Å². The van der Waals surface area contributed by atoms with E-state index in [9.17, 15) is 9.50 Å². The first-order valence-corrected chi connectivity index (χ1v) is 17.4. The van der Waals surface area contributed by atoms with Crippen LogP contribution in [0.3, 0.4) is 0 Å². The number of alkyl halides is 1. The van der Waals surface area contributed by atoms with Gasteiger partial charge in [0.05, 0.1) is 10.9 Å². The molecule has 8 rings (SSSR count). The van der Waals surface area contributed by atoms with E-state index in [-0.39, 0.29) is 41.0 Å². The van der Waals surface area contributed by atoms with Crippen LogP contribution in [0.15, 0.2) is 30.5 Å². The standard InChI is InChI=1S/C37H43F3N6O2/c1-4-25-28(39)9-8-22-15-24(47)16-26(30(22)25)32-31(40)33-27(18-41-32)34(46-14-13-44(3)20-36(2)10-5-7-29(36)46)43-35(42-33)48-21-37-11-6-12-45(37)19-23(38)17-37/h8-9,15-16,18,23,29,47H,4-7,10-14,17,19-21H2,1-3H3/t23-,29-,36+,37+/m1/s1. The molecule has 0 bridgehead atoms. The van der Waals surface area contributed by atoms with Gasteiger partial charge in [0, 0.05) is 55.8 Å². The van der Waals surface area contributed by atoms with E-state index in [0.29, 0.717) is 59.0 Å². The zero-order valence-electron chi connectivity index (χ0n) is 27.9. The van der Waals surface area contributed by atoms with E-state index in [0.717, 1.165) is 51.7 Å². The molecule has 11 heteroatoms. The molecule has 48 heavy (non-hydrogen) atoms.